The lowest BCUT2D eigenvalue weighted by Gasteiger charge is -2.22. The molecule has 0 aromatic carbocycles. The third kappa shape index (κ3) is 3.76. The van der Waals surface area contributed by atoms with Crippen molar-refractivity contribution in [1.29, 1.82) is 5.26 Å². The molecule has 0 spiro atoms. The number of aromatic nitrogens is 5. The van der Waals surface area contributed by atoms with Crippen molar-refractivity contribution in [2.45, 2.75) is 31.9 Å². The van der Waals surface area contributed by atoms with E-state index in [1.54, 1.807) is 16.9 Å². The van der Waals surface area contributed by atoms with Crippen LogP contribution in [0.1, 0.15) is 43.2 Å². The van der Waals surface area contributed by atoms with Crippen molar-refractivity contribution in [3.05, 3.63) is 66.5 Å². The van der Waals surface area contributed by atoms with Gasteiger partial charge in [0, 0.05) is 29.7 Å². The molecular weight excluding hydrogens is 390 g/mol. The minimum absolute atomic E-state index is 0.279. The van der Waals surface area contributed by atoms with E-state index in [9.17, 15) is 5.26 Å². The molecule has 0 aliphatic carbocycles. The lowest BCUT2D eigenvalue weighted by molar-refractivity contribution is 0.224. The summed E-state index contributed by atoms with van der Waals surface area (Å²) >= 11 is 0. The number of piperidine rings is 1. The fourth-order valence-electron chi connectivity index (χ4n) is 4.04. The summed E-state index contributed by atoms with van der Waals surface area (Å²) in [6.07, 6.45) is 11.0. The van der Waals surface area contributed by atoms with Crippen LogP contribution < -0.4 is 10.1 Å². The molecule has 0 amide bonds. The van der Waals surface area contributed by atoms with Gasteiger partial charge in [0.1, 0.15) is 29.0 Å². The first-order chi connectivity index (χ1) is 15.2. The summed E-state index contributed by atoms with van der Waals surface area (Å²) < 4.78 is 10.1. The lowest BCUT2D eigenvalue weighted by atomic mass is 10.1. The molecule has 1 atom stereocenters. The molecule has 1 saturated heterocycles. The predicted octanol–water partition coefficient (Wildman–Crippen LogP) is 3.53. The van der Waals surface area contributed by atoms with Crippen molar-refractivity contribution < 1.29 is 4.74 Å². The monoisotopic (exact) mass is 413 g/mol. The molecule has 4 aromatic heterocycles. The molecule has 1 N–H and O–H groups in total. The number of hydrogen-bond acceptors (Lipinski definition) is 6. The number of pyridine rings is 2. The quantitative estimate of drug-likeness (QED) is 0.538. The third-order valence-electron chi connectivity index (χ3n) is 5.72. The smallest absolute Gasteiger partial charge is 0.148 e. The number of fused-ring (bicyclic) bond motifs is 1. The van der Waals surface area contributed by atoms with Crippen molar-refractivity contribution in [3.8, 4) is 22.9 Å². The Morgan fingerprint density at radius 2 is 2.03 bits per heavy atom. The molecule has 0 bridgehead atoms. The van der Waals surface area contributed by atoms with E-state index in [0.29, 0.717) is 22.9 Å². The molecule has 4 aromatic rings. The zero-order valence-electron chi connectivity index (χ0n) is 17.3. The zero-order chi connectivity index (χ0) is 21.2. The Bertz CT molecular complexity index is 1230. The van der Waals surface area contributed by atoms with Gasteiger partial charge in [-0.05, 0) is 51.1 Å². The average molecular weight is 413 g/mol. The second kappa shape index (κ2) is 8.20. The number of ether oxygens (including phenoxy) is 1. The van der Waals surface area contributed by atoms with Gasteiger partial charge in [0.05, 0.1) is 24.1 Å². The van der Waals surface area contributed by atoms with E-state index in [1.807, 2.05) is 43.6 Å². The van der Waals surface area contributed by atoms with Gasteiger partial charge < -0.3 is 10.1 Å². The Balaban J connectivity index is 1.53. The normalized spacial score (nSPS) is 15.6. The second-order valence-corrected chi connectivity index (χ2v) is 7.76. The van der Waals surface area contributed by atoms with Crippen LogP contribution in [-0.4, -0.2) is 37.5 Å². The van der Waals surface area contributed by atoms with E-state index in [4.69, 9.17) is 4.74 Å². The maximum absolute atomic E-state index is 9.54. The molecule has 0 unspecified atom stereocenters. The highest BCUT2D eigenvalue weighted by Crippen LogP contribution is 2.33. The standard InChI is InChI=1S/C23H23N7O/c1-16(21-4-2-3-7-26-21)31-22-10-17(14-30-23(22)18(11-24)12-28-30)19-13-27-29(15-19)20-5-8-25-9-6-20/h2-4,7,10,12-16,20,25H,5-6,8-9H2,1H3/t16-/m1/s1. The maximum atomic E-state index is 9.54. The van der Waals surface area contributed by atoms with E-state index in [2.05, 4.69) is 37.4 Å². The number of nitriles is 1. The fourth-order valence-corrected chi connectivity index (χ4v) is 4.04. The summed E-state index contributed by atoms with van der Waals surface area (Å²) in [6.45, 7) is 3.97. The van der Waals surface area contributed by atoms with E-state index < -0.39 is 0 Å². The summed E-state index contributed by atoms with van der Waals surface area (Å²) in [6, 6.07) is 10.3. The highest BCUT2D eigenvalue weighted by molar-refractivity contribution is 5.75. The number of nitrogens with zero attached hydrogens (tertiary/aromatic N) is 6. The Hall–Kier alpha value is -3.70. The summed E-state index contributed by atoms with van der Waals surface area (Å²) in [5.74, 6) is 0.597. The SMILES string of the molecule is C[C@@H](Oc1cc(-c2cnn(C3CCNCC3)c2)cn2ncc(C#N)c12)c1ccccn1. The Labute approximate surface area is 180 Å². The molecule has 8 nitrogen and oxygen atoms in total. The topological polar surface area (TPSA) is 93.1 Å². The zero-order valence-corrected chi connectivity index (χ0v) is 17.3. The molecule has 1 aliphatic heterocycles. The Morgan fingerprint density at radius 3 is 2.81 bits per heavy atom. The average Bonchev–Trinajstić information content (AvgIpc) is 3.48. The van der Waals surface area contributed by atoms with Gasteiger partial charge in [0.15, 0.2) is 0 Å². The molecule has 5 heterocycles. The molecule has 1 fully saturated rings. The molecular formula is C23H23N7O. The molecule has 0 saturated carbocycles. The lowest BCUT2D eigenvalue weighted by Crippen LogP contribution is -2.29. The first-order valence-electron chi connectivity index (χ1n) is 10.5. The molecule has 31 heavy (non-hydrogen) atoms. The minimum atomic E-state index is -0.279. The van der Waals surface area contributed by atoms with Crippen LogP contribution in [0.4, 0.5) is 0 Å². The van der Waals surface area contributed by atoms with Gasteiger partial charge in [-0.1, -0.05) is 6.07 Å². The van der Waals surface area contributed by atoms with Crippen molar-refractivity contribution >= 4 is 5.52 Å². The molecule has 0 radical (unpaired) electrons. The predicted molar refractivity (Wildman–Crippen MR) is 116 cm³/mol. The summed E-state index contributed by atoms with van der Waals surface area (Å²) in [5.41, 5.74) is 3.87. The summed E-state index contributed by atoms with van der Waals surface area (Å²) in [7, 11) is 0. The number of hydrogen-bond donors (Lipinski definition) is 1. The van der Waals surface area contributed by atoms with Gasteiger partial charge in [-0.15, -0.1) is 0 Å². The van der Waals surface area contributed by atoms with Gasteiger partial charge in [-0.25, -0.2) is 4.52 Å². The maximum Gasteiger partial charge on any atom is 0.148 e. The summed E-state index contributed by atoms with van der Waals surface area (Å²) in [4.78, 5) is 4.39. The van der Waals surface area contributed by atoms with Crippen LogP contribution in [0.5, 0.6) is 5.75 Å². The van der Waals surface area contributed by atoms with Crippen molar-refractivity contribution in [2.24, 2.45) is 0 Å². The minimum Gasteiger partial charge on any atom is -0.482 e. The summed E-state index contributed by atoms with van der Waals surface area (Å²) in [5, 5.41) is 21.9. The molecule has 156 valence electrons. The highest BCUT2D eigenvalue weighted by Gasteiger charge is 2.19. The molecule has 5 rings (SSSR count). The number of rotatable bonds is 5. The van der Waals surface area contributed by atoms with Crippen LogP contribution in [0.2, 0.25) is 0 Å². The van der Waals surface area contributed by atoms with Gasteiger partial charge in [-0.3, -0.25) is 9.67 Å². The van der Waals surface area contributed by atoms with E-state index in [-0.39, 0.29) is 6.10 Å². The van der Waals surface area contributed by atoms with Gasteiger partial charge in [0.2, 0.25) is 0 Å². The largest absolute Gasteiger partial charge is 0.482 e. The van der Waals surface area contributed by atoms with Gasteiger partial charge >= 0.3 is 0 Å². The second-order valence-electron chi connectivity index (χ2n) is 7.76. The van der Waals surface area contributed by atoms with Crippen LogP contribution in [0.15, 0.2) is 55.2 Å². The van der Waals surface area contributed by atoms with Crippen molar-refractivity contribution in [1.82, 2.24) is 29.7 Å². The van der Waals surface area contributed by atoms with Crippen LogP contribution in [0.25, 0.3) is 16.6 Å². The van der Waals surface area contributed by atoms with Crippen LogP contribution >= 0.6 is 0 Å². The van der Waals surface area contributed by atoms with Crippen LogP contribution in [0, 0.1) is 11.3 Å². The van der Waals surface area contributed by atoms with E-state index >= 15 is 0 Å². The van der Waals surface area contributed by atoms with Crippen molar-refractivity contribution in [2.75, 3.05) is 13.1 Å². The molecule has 1 aliphatic rings. The first kappa shape index (κ1) is 19.3. The Kier molecular flexibility index (Phi) is 5.10. The highest BCUT2D eigenvalue weighted by atomic mass is 16.5. The van der Waals surface area contributed by atoms with Gasteiger partial charge in [0.25, 0.3) is 0 Å². The third-order valence-corrected chi connectivity index (χ3v) is 5.72. The fraction of sp³-hybridized carbons (Fsp3) is 0.304. The first-order valence-corrected chi connectivity index (χ1v) is 10.5. The van der Waals surface area contributed by atoms with Gasteiger partial charge in [-0.2, -0.15) is 15.5 Å². The Morgan fingerprint density at radius 1 is 1.16 bits per heavy atom. The number of nitrogens with one attached hydrogen (secondary N) is 1. The van der Waals surface area contributed by atoms with E-state index in [1.165, 1.54) is 0 Å². The molecule has 8 heteroatoms. The van der Waals surface area contributed by atoms with E-state index in [0.717, 1.165) is 42.8 Å². The van der Waals surface area contributed by atoms with Crippen molar-refractivity contribution in [3.63, 3.8) is 0 Å². The van der Waals surface area contributed by atoms with Crippen LogP contribution in [0.3, 0.4) is 0 Å². The van der Waals surface area contributed by atoms with Crippen LogP contribution in [-0.2, 0) is 0 Å².